The number of nitrogens with zero attached hydrogens (tertiary/aromatic N) is 2. The van der Waals surface area contributed by atoms with E-state index in [0.717, 1.165) is 35.7 Å². The van der Waals surface area contributed by atoms with Gasteiger partial charge in [-0.05, 0) is 51.0 Å². The minimum atomic E-state index is -0.0209. The topological polar surface area (TPSA) is 68.5 Å². The summed E-state index contributed by atoms with van der Waals surface area (Å²) in [6.45, 7) is 5.38. The third-order valence-corrected chi connectivity index (χ3v) is 4.83. The third-order valence-electron chi connectivity index (χ3n) is 3.94. The number of nitrogens with two attached hydrogens (primary N) is 1. The summed E-state index contributed by atoms with van der Waals surface area (Å²) in [4.78, 5) is 18.9. The molecule has 0 saturated carbocycles. The average Bonchev–Trinajstić information content (AvgIpc) is 3.04. The lowest BCUT2D eigenvalue weighted by atomic mass is 10.1. The fourth-order valence-corrected chi connectivity index (χ4v) is 3.61. The molecule has 1 unspecified atom stereocenters. The van der Waals surface area contributed by atoms with Crippen molar-refractivity contribution in [3.05, 3.63) is 35.3 Å². The van der Waals surface area contributed by atoms with E-state index in [1.165, 1.54) is 11.3 Å². The number of benzene rings is 1. The van der Waals surface area contributed by atoms with Crippen LogP contribution in [0.2, 0.25) is 0 Å². The molecular weight excluding hydrogens is 322 g/mol. The highest BCUT2D eigenvalue weighted by molar-refractivity contribution is 7.13. The Morgan fingerprint density at radius 2 is 2.12 bits per heavy atom. The molecule has 2 aromatic rings. The number of hydrogen-bond donors (Lipinski definition) is 1. The molecule has 2 heterocycles. The first kappa shape index (κ1) is 16.9. The van der Waals surface area contributed by atoms with Crippen molar-refractivity contribution < 1.29 is 9.53 Å². The van der Waals surface area contributed by atoms with Gasteiger partial charge in [0.05, 0.1) is 6.10 Å². The summed E-state index contributed by atoms with van der Waals surface area (Å²) < 4.78 is 5.65. The van der Waals surface area contributed by atoms with Crippen LogP contribution in [-0.2, 0) is 0 Å². The molecule has 3 rings (SSSR count). The first-order chi connectivity index (χ1) is 11.5. The molecule has 24 heavy (non-hydrogen) atoms. The van der Waals surface area contributed by atoms with Crippen molar-refractivity contribution >= 4 is 17.2 Å². The number of carbonyl (C=O) groups excluding carboxylic acids is 1. The van der Waals surface area contributed by atoms with E-state index < -0.39 is 0 Å². The Morgan fingerprint density at radius 1 is 1.38 bits per heavy atom. The quantitative estimate of drug-likeness (QED) is 0.924. The molecule has 0 aliphatic carbocycles. The van der Waals surface area contributed by atoms with Crippen LogP contribution in [0, 0.1) is 0 Å². The minimum absolute atomic E-state index is 0.0209. The number of hydrogen-bond acceptors (Lipinski definition) is 5. The molecule has 128 valence electrons. The molecule has 1 aliphatic rings. The summed E-state index contributed by atoms with van der Waals surface area (Å²) in [6, 6.07) is 7.89. The molecule has 1 fully saturated rings. The van der Waals surface area contributed by atoms with Gasteiger partial charge >= 0.3 is 0 Å². The fraction of sp³-hybridized carbons (Fsp3) is 0.444. The number of carbonyl (C=O) groups is 1. The number of likely N-dealkylation sites (tertiary alicyclic amines) is 1. The predicted molar refractivity (Wildman–Crippen MR) is 96.4 cm³/mol. The molecule has 6 heteroatoms. The summed E-state index contributed by atoms with van der Waals surface area (Å²) in [5.41, 5.74) is 7.46. The lowest BCUT2D eigenvalue weighted by Gasteiger charge is -2.30. The van der Waals surface area contributed by atoms with Gasteiger partial charge in [0.15, 0.2) is 0 Å². The first-order valence-corrected chi connectivity index (χ1v) is 9.18. The Hall–Kier alpha value is -1.92. The van der Waals surface area contributed by atoms with Crippen molar-refractivity contribution in [3.8, 4) is 16.3 Å². The Bertz CT molecular complexity index is 697. The maximum absolute atomic E-state index is 12.6. The van der Waals surface area contributed by atoms with Gasteiger partial charge in [-0.25, -0.2) is 4.98 Å². The maximum Gasteiger partial charge on any atom is 0.273 e. The van der Waals surface area contributed by atoms with Crippen molar-refractivity contribution in [2.45, 2.75) is 38.8 Å². The van der Waals surface area contributed by atoms with E-state index in [4.69, 9.17) is 10.5 Å². The van der Waals surface area contributed by atoms with E-state index in [0.29, 0.717) is 12.2 Å². The van der Waals surface area contributed by atoms with Crippen LogP contribution < -0.4 is 10.5 Å². The van der Waals surface area contributed by atoms with Gasteiger partial charge in [-0.1, -0.05) is 0 Å². The van der Waals surface area contributed by atoms with Crippen molar-refractivity contribution in [1.82, 2.24) is 9.88 Å². The second-order valence-corrected chi connectivity index (χ2v) is 7.24. The molecule has 1 aliphatic heterocycles. The highest BCUT2D eigenvalue weighted by atomic mass is 32.1. The van der Waals surface area contributed by atoms with Gasteiger partial charge < -0.3 is 15.4 Å². The molecule has 2 N–H and O–H groups in total. The Labute approximate surface area is 146 Å². The van der Waals surface area contributed by atoms with E-state index in [1.807, 2.05) is 48.4 Å². The van der Waals surface area contributed by atoms with E-state index in [1.54, 1.807) is 0 Å². The number of amides is 1. The van der Waals surface area contributed by atoms with Crippen LogP contribution in [0.5, 0.6) is 5.75 Å². The predicted octanol–water partition coefficient (Wildman–Crippen LogP) is 3.16. The van der Waals surface area contributed by atoms with Crippen LogP contribution >= 0.6 is 11.3 Å². The smallest absolute Gasteiger partial charge is 0.273 e. The molecule has 1 saturated heterocycles. The van der Waals surface area contributed by atoms with Crippen LogP contribution in [0.15, 0.2) is 29.6 Å². The van der Waals surface area contributed by atoms with Crippen LogP contribution in [0.3, 0.4) is 0 Å². The molecule has 5 nitrogen and oxygen atoms in total. The van der Waals surface area contributed by atoms with Gasteiger partial charge in [-0.3, -0.25) is 4.79 Å². The van der Waals surface area contributed by atoms with Crippen molar-refractivity contribution in [2.75, 3.05) is 13.1 Å². The number of ether oxygens (including phenoxy) is 1. The molecule has 1 amide bonds. The zero-order valence-electron chi connectivity index (χ0n) is 14.1. The SMILES string of the molecule is CC(C)Oc1ccc(-c2nc(C(=O)N3CCCC(N)C3)cs2)cc1. The number of aromatic nitrogens is 1. The summed E-state index contributed by atoms with van der Waals surface area (Å²) in [5, 5.41) is 2.67. The van der Waals surface area contributed by atoms with Gasteiger partial charge in [-0.2, -0.15) is 0 Å². The fourth-order valence-electron chi connectivity index (χ4n) is 2.81. The Kier molecular flexibility index (Phi) is 5.16. The van der Waals surface area contributed by atoms with Crippen LogP contribution in [0.1, 0.15) is 37.2 Å². The van der Waals surface area contributed by atoms with Gasteiger partial charge in [0.2, 0.25) is 0 Å². The van der Waals surface area contributed by atoms with Crippen molar-refractivity contribution in [2.24, 2.45) is 5.73 Å². The number of piperidine rings is 1. The van der Waals surface area contributed by atoms with Gasteiger partial charge in [-0.15, -0.1) is 11.3 Å². The molecule has 1 atom stereocenters. The van der Waals surface area contributed by atoms with E-state index in [2.05, 4.69) is 4.98 Å². The summed E-state index contributed by atoms with van der Waals surface area (Å²) in [5.74, 6) is 0.816. The molecule has 1 aromatic heterocycles. The number of rotatable bonds is 4. The first-order valence-electron chi connectivity index (χ1n) is 8.30. The summed E-state index contributed by atoms with van der Waals surface area (Å²) >= 11 is 1.48. The highest BCUT2D eigenvalue weighted by Crippen LogP contribution is 2.27. The summed E-state index contributed by atoms with van der Waals surface area (Å²) in [6.07, 6.45) is 2.09. The van der Waals surface area contributed by atoms with Gasteiger partial charge in [0.25, 0.3) is 5.91 Å². The van der Waals surface area contributed by atoms with Crippen molar-refractivity contribution in [3.63, 3.8) is 0 Å². The standard InChI is InChI=1S/C18H23N3O2S/c1-12(2)23-15-7-5-13(6-8-15)17-20-16(11-24-17)18(22)21-9-3-4-14(19)10-21/h5-8,11-12,14H,3-4,9-10,19H2,1-2H3. The van der Waals surface area contributed by atoms with Crippen molar-refractivity contribution in [1.29, 1.82) is 0 Å². The second kappa shape index (κ2) is 7.32. The van der Waals surface area contributed by atoms with Gasteiger partial charge in [0.1, 0.15) is 16.5 Å². The average molecular weight is 345 g/mol. The molecular formula is C18H23N3O2S. The monoisotopic (exact) mass is 345 g/mol. The molecule has 1 aromatic carbocycles. The largest absolute Gasteiger partial charge is 0.491 e. The van der Waals surface area contributed by atoms with Crippen LogP contribution in [0.4, 0.5) is 0 Å². The molecule has 0 bridgehead atoms. The second-order valence-electron chi connectivity index (χ2n) is 6.38. The maximum atomic E-state index is 12.6. The Balaban J connectivity index is 1.71. The third kappa shape index (κ3) is 3.94. The van der Waals surface area contributed by atoms with E-state index in [9.17, 15) is 4.79 Å². The van der Waals surface area contributed by atoms with Crippen LogP contribution in [0.25, 0.3) is 10.6 Å². The summed E-state index contributed by atoms with van der Waals surface area (Å²) in [7, 11) is 0. The molecule has 0 spiro atoms. The highest BCUT2D eigenvalue weighted by Gasteiger charge is 2.24. The van der Waals surface area contributed by atoms with E-state index in [-0.39, 0.29) is 18.1 Å². The van der Waals surface area contributed by atoms with Crippen LogP contribution in [-0.4, -0.2) is 41.0 Å². The lowest BCUT2D eigenvalue weighted by molar-refractivity contribution is 0.0704. The Morgan fingerprint density at radius 3 is 2.79 bits per heavy atom. The molecule has 0 radical (unpaired) electrons. The van der Waals surface area contributed by atoms with Gasteiger partial charge in [0, 0.05) is 30.1 Å². The zero-order chi connectivity index (χ0) is 17.1. The number of thiazole rings is 1. The normalized spacial score (nSPS) is 18.0. The minimum Gasteiger partial charge on any atom is -0.491 e. The van der Waals surface area contributed by atoms with E-state index >= 15 is 0 Å². The zero-order valence-corrected chi connectivity index (χ0v) is 14.9. The lowest BCUT2D eigenvalue weighted by Crippen LogP contribution is -2.45.